The zero-order chi connectivity index (χ0) is 12.5. The third kappa shape index (κ3) is 5.91. The van der Waals surface area contributed by atoms with Crippen molar-refractivity contribution >= 4 is 6.03 Å². The van der Waals surface area contributed by atoms with E-state index in [0.29, 0.717) is 0 Å². The van der Waals surface area contributed by atoms with Crippen LogP contribution in [0.25, 0.3) is 0 Å². The molecule has 0 atom stereocenters. The quantitative estimate of drug-likeness (QED) is 0.697. The van der Waals surface area contributed by atoms with E-state index in [9.17, 15) is 4.79 Å². The molecular weight excluding hydrogens is 214 g/mol. The van der Waals surface area contributed by atoms with Crippen LogP contribution in [0.5, 0.6) is 0 Å². The second kappa shape index (κ2) is 8.34. The molecule has 0 radical (unpaired) electrons. The van der Waals surface area contributed by atoms with Crippen molar-refractivity contribution in [2.24, 2.45) is 5.92 Å². The zero-order valence-electron chi connectivity index (χ0n) is 11.3. The average Bonchev–Trinajstić information content (AvgIpc) is 2.37. The zero-order valence-corrected chi connectivity index (χ0v) is 11.3. The van der Waals surface area contributed by atoms with Gasteiger partial charge in [0.2, 0.25) is 0 Å². The number of amides is 2. The first-order valence-corrected chi connectivity index (χ1v) is 6.93. The molecule has 1 fully saturated rings. The van der Waals surface area contributed by atoms with Gasteiger partial charge in [-0.05, 0) is 44.7 Å². The summed E-state index contributed by atoms with van der Waals surface area (Å²) < 4.78 is 0. The van der Waals surface area contributed by atoms with Gasteiger partial charge in [-0.25, -0.2) is 4.79 Å². The smallest absolute Gasteiger partial charge is 0.317 e. The predicted octanol–water partition coefficient (Wildman–Crippen LogP) is 1.82. The predicted molar refractivity (Wildman–Crippen MR) is 71.1 cm³/mol. The number of nitrogens with one attached hydrogen (secondary N) is 2. The summed E-state index contributed by atoms with van der Waals surface area (Å²) in [6.07, 6.45) is 5.84. The van der Waals surface area contributed by atoms with Gasteiger partial charge in [-0.15, -0.1) is 0 Å². The Kier molecular flexibility index (Phi) is 7.01. The maximum absolute atomic E-state index is 11.7. The molecule has 100 valence electrons. The molecule has 4 nitrogen and oxygen atoms in total. The molecule has 0 bridgehead atoms. The molecule has 1 rings (SSSR count). The van der Waals surface area contributed by atoms with Crippen LogP contribution in [0.3, 0.4) is 0 Å². The van der Waals surface area contributed by atoms with Crippen molar-refractivity contribution in [2.75, 3.05) is 33.2 Å². The van der Waals surface area contributed by atoms with E-state index in [1.807, 2.05) is 11.9 Å². The molecule has 4 heteroatoms. The number of carbonyl (C=O) groups excluding carboxylic acids is 1. The van der Waals surface area contributed by atoms with Crippen LogP contribution in [0.2, 0.25) is 0 Å². The van der Waals surface area contributed by atoms with Crippen LogP contribution in [-0.2, 0) is 0 Å². The van der Waals surface area contributed by atoms with E-state index < -0.39 is 0 Å². The summed E-state index contributed by atoms with van der Waals surface area (Å²) in [4.78, 5) is 13.5. The lowest BCUT2D eigenvalue weighted by molar-refractivity contribution is 0.202. The van der Waals surface area contributed by atoms with Crippen LogP contribution in [0.15, 0.2) is 0 Å². The molecule has 0 aromatic carbocycles. The molecule has 1 aliphatic heterocycles. The Labute approximate surface area is 105 Å². The van der Waals surface area contributed by atoms with Gasteiger partial charge in [-0.3, -0.25) is 0 Å². The van der Waals surface area contributed by atoms with Crippen molar-refractivity contribution in [1.82, 2.24) is 15.5 Å². The summed E-state index contributed by atoms with van der Waals surface area (Å²) in [6.45, 7) is 6.08. The Morgan fingerprint density at radius 1 is 1.41 bits per heavy atom. The summed E-state index contributed by atoms with van der Waals surface area (Å²) in [5, 5.41) is 6.31. The van der Waals surface area contributed by atoms with E-state index in [1.54, 1.807) is 0 Å². The summed E-state index contributed by atoms with van der Waals surface area (Å²) in [7, 11) is 1.89. The van der Waals surface area contributed by atoms with Gasteiger partial charge in [0, 0.05) is 20.1 Å². The van der Waals surface area contributed by atoms with Gasteiger partial charge in [0.25, 0.3) is 0 Å². The summed E-state index contributed by atoms with van der Waals surface area (Å²) in [6, 6.07) is 0.0763. The second-order valence-corrected chi connectivity index (χ2v) is 4.99. The number of piperidine rings is 1. The monoisotopic (exact) mass is 241 g/mol. The topological polar surface area (TPSA) is 44.4 Å². The van der Waals surface area contributed by atoms with Gasteiger partial charge in [0.05, 0.1) is 0 Å². The molecule has 0 aromatic heterocycles. The number of urea groups is 1. The normalized spacial score (nSPS) is 16.8. The fourth-order valence-corrected chi connectivity index (χ4v) is 2.16. The second-order valence-electron chi connectivity index (χ2n) is 4.99. The highest BCUT2D eigenvalue weighted by molar-refractivity contribution is 5.73. The number of nitrogens with zero attached hydrogens (tertiary/aromatic N) is 1. The van der Waals surface area contributed by atoms with Crippen molar-refractivity contribution in [3.63, 3.8) is 0 Å². The fraction of sp³-hybridized carbons (Fsp3) is 0.923. The Bertz CT molecular complexity index is 215. The first kappa shape index (κ1) is 14.3. The molecule has 0 saturated carbocycles. The van der Waals surface area contributed by atoms with Crippen molar-refractivity contribution in [3.8, 4) is 0 Å². The van der Waals surface area contributed by atoms with Crippen molar-refractivity contribution in [2.45, 2.75) is 39.0 Å². The third-order valence-electron chi connectivity index (χ3n) is 3.48. The molecule has 1 aliphatic rings. The molecule has 1 heterocycles. The summed E-state index contributed by atoms with van der Waals surface area (Å²) in [5.74, 6) is 0.794. The lowest BCUT2D eigenvalue weighted by Gasteiger charge is -2.25. The molecule has 0 spiro atoms. The lowest BCUT2D eigenvalue weighted by atomic mass is 9.94. The van der Waals surface area contributed by atoms with Crippen LogP contribution in [0.1, 0.15) is 39.0 Å². The van der Waals surface area contributed by atoms with Crippen molar-refractivity contribution < 1.29 is 4.79 Å². The maximum Gasteiger partial charge on any atom is 0.317 e. The Morgan fingerprint density at radius 3 is 2.76 bits per heavy atom. The fourth-order valence-electron chi connectivity index (χ4n) is 2.16. The highest BCUT2D eigenvalue weighted by atomic mass is 16.2. The van der Waals surface area contributed by atoms with Gasteiger partial charge >= 0.3 is 6.03 Å². The van der Waals surface area contributed by atoms with Crippen LogP contribution in [-0.4, -0.2) is 44.2 Å². The van der Waals surface area contributed by atoms with Crippen molar-refractivity contribution in [1.29, 1.82) is 0 Å². The van der Waals surface area contributed by atoms with Crippen LogP contribution in [0.4, 0.5) is 4.79 Å². The van der Waals surface area contributed by atoms with E-state index in [-0.39, 0.29) is 6.03 Å². The van der Waals surface area contributed by atoms with Crippen LogP contribution in [0, 0.1) is 5.92 Å². The Hall–Kier alpha value is -0.770. The maximum atomic E-state index is 11.7. The van der Waals surface area contributed by atoms with Gasteiger partial charge in [-0.2, -0.15) is 0 Å². The van der Waals surface area contributed by atoms with E-state index in [2.05, 4.69) is 17.6 Å². The highest BCUT2D eigenvalue weighted by Gasteiger charge is 2.15. The first-order chi connectivity index (χ1) is 8.24. The lowest BCUT2D eigenvalue weighted by Crippen LogP contribution is -2.39. The number of hydrogen-bond acceptors (Lipinski definition) is 2. The molecule has 0 aromatic rings. The summed E-state index contributed by atoms with van der Waals surface area (Å²) in [5.41, 5.74) is 0. The standard InChI is InChI=1S/C13H27N3O/c1-3-4-8-15-13(17)16(2)11-7-12-5-9-14-10-6-12/h12,14H,3-11H2,1-2H3,(H,15,17). The number of hydrogen-bond donors (Lipinski definition) is 2. The summed E-state index contributed by atoms with van der Waals surface area (Å²) >= 11 is 0. The van der Waals surface area contributed by atoms with Gasteiger partial charge < -0.3 is 15.5 Å². The minimum Gasteiger partial charge on any atom is -0.338 e. The van der Waals surface area contributed by atoms with Crippen LogP contribution < -0.4 is 10.6 Å². The number of unbranched alkanes of at least 4 members (excludes halogenated alkanes) is 1. The molecule has 0 aliphatic carbocycles. The van der Waals surface area contributed by atoms with E-state index in [1.165, 1.54) is 12.8 Å². The van der Waals surface area contributed by atoms with E-state index in [0.717, 1.165) is 51.4 Å². The first-order valence-electron chi connectivity index (χ1n) is 6.93. The molecule has 0 unspecified atom stereocenters. The molecular formula is C13H27N3O. The highest BCUT2D eigenvalue weighted by Crippen LogP contribution is 2.15. The van der Waals surface area contributed by atoms with Gasteiger partial charge in [0.1, 0.15) is 0 Å². The average molecular weight is 241 g/mol. The molecule has 1 saturated heterocycles. The SMILES string of the molecule is CCCCNC(=O)N(C)CCC1CCNCC1. The van der Waals surface area contributed by atoms with Crippen LogP contribution >= 0.6 is 0 Å². The molecule has 2 amide bonds. The number of rotatable bonds is 6. The molecule has 17 heavy (non-hydrogen) atoms. The Balaban J connectivity index is 2.10. The van der Waals surface area contributed by atoms with Crippen molar-refractivity contribution in [3.05, 3.63) is 0 Å². The van der Waals surface area contributed by atoms with E-state index in [4.69, 9.17) is 0 Å². The minimum absolute atomic E-state index is 0.0763. The van der Waals surface area contributed by atoms with Gasteiger partial charge in [-0.1, -0.05) is 13.3 Å². The van der Waals surface area contributed by atoms with Gasteiger partial charge in [0.15, 0.2) is 0 Å². The third-order valence-corrected chi connectivity index (χ3v) is 3.48. The molecule has 2 N–H and O–H groups in total. The van der Waals surface area contributed by atoms with E-state index >= 15 is 0 Å². The largest absolute Gasteiger partial charge is 0.338 e. The Morgan fingerprint density at radius 2 is 2.12 bits per heavy atom. The number of carbonyl (C=O) groups is 1. The minimum atomic E-state index is 0.0763.